The van der Waals surface area contributed by atoms with Crippen molar-refractivity contribution < 1.29 is 25.9 Å². The molecule has 2 aromatic carbocycles. The zero-order chi connectivity index (χ0) is 20.1. The summed E-state index contributed by atoms with van der Waals surface area (Å²) in [6.45, 7) is 10.5. The monoisotopic (exact) mass is 418 g/mol. The molecule has 0 fully saturated rings. The molecule has 140 valence electrons. The van der Waals surface area contributed by atoms with Crippen molar-refractivity contribution in [3.05, 3.63) is 72.8 Å². The van der Waals surface area contributed by atoms with Gasteiger partial charge in [0, 0.05) is 0 Å². The third-order valence-corrected chi connectivity index (χ3v) is 5.02. The van der Waals surface area contributed by atoms with E-state index in [-0.39, 0.29) is 32.8 Å². The van der Waals surface area contributed by atoms with Gasteiger partial charge >= 0.3 is 23.1 Å². The Balaban J connectivity index is 0.000000483. The number of hydrogen-bond donors (Lipinski definition) is 0. The van der Waals surface area contributed by atoms with Crippen LogP contribution < -0.4 is 0 Å². The smallest absolute Gasteiger partial charge is 0.744 e. The van der Waals surface area contributed by atoms with E-state index in [0.29, 0.717) is 22.3 Å². The molecule has 0 bridgehead atoms. The molecule has 2 rings (SSSR count). The molecule has 0 unspecified atom stereocenters. The molecule has 0 heterocycles. The normalized spacial score (nSPS) is 10.8. The number of hydrogen-bond acceptors (Lipinski definition) is 6. The summed E-state index contributed by atoms with van der Waals surface area (Å²) in [5.74, 6) is 0. The second kappa shape index (κ2) is 10.2. The number of benzene rings is 2. The van der Waals surface area contributed by atoms with Crippen LogP contribution in [0.3, 0.4) is 0 Å². The SMILES string of the molecule is C=C(C)c1ccccc1S(=O)(=O)[O-].C=C(C)c1ccccc1S(=O)(=O)[O-].[Mg+2]. The summed E-state index contributed by atoms with van der Waals surface area (Å²) in [5, 5.41) is 0. The predicted molar refractivity (Wildman–Crippen MR) is 104 cm³/mol. The van der Waals surface area contributed by atoms with Crippen LogP contribution in [-0.4, -0.2) is 49.0 Å². The van der Waals surface area contributed by atoms with E-state index >= 15 is 0 Å². The molecule has 0 spiro atoms. The van der Waals surface area contributed by atoms with Crippen LogP contribution in [0.25, 0.3) is 11.1 Å². The molecule has 0 amide bonds. The van der Waals surface area contributed by atoms with Gasteiger partial charge in [0.05, 0.1) is 9.79 Å². The molecule has 6 nitrogen and oxygen atoms in total. The first-order valence-electron chi connectivity index (χ1n) is 7.27. The second-order valence-corrected chi connectivity index (χ2v) is 8.16. The van der Waals surface area contributed by atoms with Crippen LogP contribution in [0.5, 0.6) is 0 Å². The molecule has 0 aliphatic rings. The Hall–Kier alpha value is -1.49. The summed E-state index contributed by atoms with van der Waals surface area (Å²) in [7, 11) is -8.78. The Morgan fingerprint density at radius 1 is 0.704 bits per heavy atom. The minimum atomic E-state index is -4.39. The standard InChI is InChI=1S/2C9H10O3S.Mg/c2*1-7(2)8-5-3-4-6-9(8)13(10,11)12;/h2*3-6H,1H2,2H3,(H,10,11,12);/q;;+2/p-2. The quantitative estimate of drug-likeness (QED) is 0.557. The Bertz CT molecular complexity index is 956. The van der Waals surface area contributed by atoms with Gasteiger partial charge in [-0.25, -0.2) is 16.8 Å². The summed E-state index contributed by atoms with van der Waals surface area (Å²) in [6, 6.07) is 12.0. The van der Waals surface area contributed by atoms with Gasteiger partial charge in [-0.1, -0.05) is 49.6 Å². The van der Waals surface area contributed by atoms with Gasteiger partial charge in [0.1, 0.15) is 20.2 Å². The van der Waals surface area contributed by atoms with E-state index in [1.165, 1.54) is 24.3 Å². The van der Waals surface area contributed by atoms with Crippen molar-refractivity contribution in [1.29, 1.82) is 0 Å². The van der Waals surface area contributed by atoms with E-state index in [0.717, 1.165) is 0 Å². The Morgan fingerprint density at radius 2 is 0.963 bits per heavy atom. The summed E-state index contributed by atoms with van der Waals surface area (Å²) in [4.78, 5) is -0.412. The van der Waals surface area contributed by atoms with Crippen LogP contribution in [0.1, 0.15) is 25.0 Å². The Morgan fingerprint density at radius 3 is 1.15 bits per heavy atom. The summed E-state index contributed by atoms with van der Waals surface area (Å²) in [6.07, 6.45) is 0. The van der Waals surface area contributed by atoms with E-state index in [1.807, 2.05) is 0 Å². The van der Waals surface area contributed by atoms with Crippen molar-refractivity contribution in [3.63, 3.8) is 0 Å². The van der Waals surface area contributed by atoms with Crippen LogP contribution >= 0.6 is 0 Å². The van der Waals surface area contributed by atoms with Gasteiger partial charge < -0.3 is 9.11 Å². The van der Waals surface area contributed by atoms with Crippen LogP contribution in [0.15, 0.2) is 71.5 Å². The Kier molecular flexibility index (Phi) is 9.60. The van der Waals surface area contributed by atoms with Gasteiger partial charge in [0.25, 0.3) is 0 Å². The summed E-state index contributed by atoms with van der Waals surface area (Å²) in [5.41, 5.74) is 1.90. The molecule has 0 saturated heterocycles. The van der Waals surface area contributed by atoms with Gasteiger partial charge in [-0.3, -0.25) is 0 Å². The minimum Gasteiger partial charge on any atom is -0.744 e. The number of allylic oxidation sites excluding steroid dienone is 2. The van der Waals surface area contributed by atoms with Crippen LogP contribution in [0.2, 0.25) is 0 Å². The third kappa shape index (κ3) is 7.57. The van der Waals surface area contributed by atoms with Gasteiger partial charge in [0.2, 0.25) is 0 Å². The third-order valence-electron chi connectivity index (χ3n) is 3.23. The maximum atomic E-state index is 10.8. The maximum Gasteiger partial charge on any atom is 2.00 e. The van der Waals surface area contributed by atoms with Gasteiger partial charge in [-0.05, 0) is 48.3 Å². The molecular formula is C18H18MgO6S2. The second-order valence-electron chi connectivity index (χ2n) is 5.46. The van der Waals surface area contributed by atoms with Gasteiger partial charge in [0.15, 0.2) is 0 Å². The van der Waals surface area contributed by atoms with Crippen LogP contribution in [0, 0.1) is 0 Å². The van der Waals surface area contributed by atoms with Crippen molar-refractivity contribution in [3.8, 4) is 0 Å². The van der Waals surface area contributed by atoms with Crippen molar-refractivity contribution in [2.24, 2.45) is 0 Å². The molecule has 0 aromatic heterocycles. The summed E-state index contributed by atoms with van der Waals surface area (Å²) >= 11 is 0. The van der Waals surface area contributed by atoms with Crippen LogP contribution in [-0.2, 0) is 20.2 Å². The van der Waals surface area contributed by atoms with Gasteiger partial charge in [-0.15, -0.1) is 0 Å². The first kappa shape index (κ1) is 25.5. The zero-order valence-corrected chi connectivity index (χ0v) is 18.1. The topological polar surface area (TPSA) is 114 Å². The first-order chi connectivity index (χ1) is 11.9. The minimum absolute atomic E-state index is 0. The fourth-order valence-corrected chi connectivity index (χ4v) is 3.59. The molecule has 9 heteroatoms. The molecule has 0 N–H and O–H groups in total. The van der Waals surface area contributed by atoms with E-state index in [1.54, 1.807) is 38.1 Å². The van der Waals surface area contributed by atoms with E-state index in [9.17, 15) is 25.9 Å². The average molecular weight is 419 g/mol. The summed E-state index contributed by atoms with van der Waals surface area (Å²) < 4.78 is 64.6. The van der Waals surface area contributed by atoms with Crippen molar-refractivity contribution in [2.75, 3.05) is 0 Å². The van der Waals surface area contributed by atoms with Crippen molar-refractivity contribution in [2.45, 2.75) is 23.6 Å². The largest absolute Gasteiger partial charge is 2.00 e. The molecule has 27 heavy (non-hydrogen) atoms. The number of rotatable bonds is 4. The molecular weight excluding hydrogens is 401 g/mol. The average Bonchev–Trinajstić information content (AvgIpc) is 2.54. The predicted octanol–water partition coefficient (Wildman–Crippen LogP) is 2.87. The van der Waals surface area contributed by atoms with Crippen molar-refractivity contribution in [1.82, 2.24) is 0 Å². The maximum absolute atomic E-state index is 10.8. The molecule has 0 aliphatic heterocycles. The van der Waals surface area contributed by atoms with Crippen molar-refractivity contribution >= 4 is 54.4 Å². The van der Waals surface area contributed by atoms with E-state index in [4.69, 9.17) is 0 Å². The zero-order valence-electron chi connectivity index (χ0n) is 15.0. The van der Waals surface area contributed by atoms with Gasteiger partial charge in [-0.2, -0.15) is 0 Å². The fourth-order valence-electron chi connectivity index (χ4n) is 2.07. The molecule has 0 atom stereocenters. The molecule has 0 saturated carbocycles. The van der Waals surface area contributed by atoms with Crippen LogP contribution in [0.4, 0.5) is 0 Å². The van der Waals surface area contributed by atoms with E-state index < -0.39 is 20.2 Å². The first-order valence-corrected chi connectivity index (χ1v) is 10.1. The molecule has 0 radical (unpaired) electrons. The fraction of sp³-hybridized carbons (Fsp3) is 0.111. The van der Waals surface area contributed by atoms with E-state index in [2.05, 4.69) is 13.2 Å². The Labute approximate surface area is 176 Å². The molecule has 0 aliphatic carbocycles. The molecule has 2 aromatic rings.